The standard InChI is InChI=1S/C19H18N2O6/c1-13(19(24)27-12-14-7-3-2-4-8-14)20-18(23)17(22)11-15-9-5-6-10-16(15)21(25)26/h2-10,13H,11-12H2,1H3,(H,20,23)/t13-/m0/s1. The summed E-state index contributed by atoms with van der Waals surface area (Å²) in [5.41, 5.74) is 0.674. The van der Waals surface area contributed by atoms with Crippen LogP contribution in [-0.2, 0) is 32.1 Å². The molecule has 2 rings (SSSR count). The van der Waals surface area contributed by atoms with Gasteiger partial charge in [-0.25, -0.2) is 4.79 Å². The number of carbonyl (C=O) groups excluding carboxylic acids is 3. The Balaban J connectivity index is 1.89. The highest BCUT2D eigenvalue weighted by molar-refractivity contribution is 6.37. The Labute approximate surface area is 155 Å². The largest absolute Gasteiger partial charge is 0.459 e. The first-order valence-corrected chi connectivity index (χ1v) is 8.15. The Morgan fingerprint density at radius 1 is 1.07 bits per heavy atom. The van der Waals surface area contributed by atoms with Crippen molar-refractivity contribution in [3.05, 3.63) is 75.8 Å². The van der Waals surface area contributed by atoms with Crippen molar-refractivity contribution in [2.75, 3.05) is 0 Å². The predicted molar refractivity (Wildman–Crippen MR) is 95.7 cm³/mol. The Morgan fingerprint density at radius 2 is 1.70 bits per heavy atom. The molecule has 0 aliphatic carbocycles. The molecule has 2 aromatic rings. The van der Waals surface area contributed by atoms with E-state index in [0.29, 0.717) is 0 Å². The molecule has 0 saturated carbocycles. The van der Waals surface area contributed by atoms with Gasteiger partial charge in [0, 0.05) is 18.1 Å². The molecule has 2 aromatic carbocycles. The van der Waals surface area contributed by atoms with Crippen LogP contribution in [0.15, 0.2) is 54.6 Å². The molecule has 0 unspecified atom stereocenters. The van der Waals surface area contributed by atoms with Gasteiger partial charge in [0.15, 0.2) is 0 Å². The second-order valence-corrected chi connectivity index (χ2v) is 5.77. The number of nitrogens with zero attached hydrogens (tertiary/aromatic N) is 1. The Hall–Kier alpha value is -3.55. The van der Waals surface area contributed by atoms with Gasteiger partial charge in [0.1, 0.15) is 12.6 Å². The molecule has 0 saturated heterocycles. The van der Waals surface area contributed by atoms with Crippen LogP contribution in [-0.4, -0.2) is 28.6 Å². The third-order valence-electron chi connectivity index (χ3n) is 3.72. The number of ketones is 1. The minimum Gasteiger partial charge on any atom is -0.459 e. The maximum absolute atomic E-state index is 12.0. The van der Waals surface area contributed by atoms with E-state index >= 15 is 0 Å². The van der Waals surface area contributed by atoms with Gasteiger partial charge >= 0.3 is 5.97 Å². The van der Waals surface area contributed by atoms with E-state index in [0.717, 1.165) is 5.56 Å². The maximum atomic E-state index is 12.0. The lowest BCUT2D eigenvalue weighted by Gasteiger charge is -2.13. The second kappa shape index (κ2) is 9.23. The number of rotatable bonds is 8. The van der Waals surface area contributed by atoms with Crippen molar-refractivity contribution in [3.63, 3.8) is 0 Å². The SMILES string of the molecule is C[C@H](NC(=O)C(=O)Cc1ccccc1[N+](=O)[O-])C(=O)OCc1ccccc1. The molecule has 0 bridgehead atoms. The highest BCUT2D eigenvalue weighted by atomic mass is 16.6. The van der Waals surface area contributed by atoms with Crippen LogP contribution in [0.4, 0.5) is 5.69 Å². The van der Waals surface area contributed by atoms with Gasteiger partial charge in [-0.15, -0.1) is 0 Å². The summed E-state index contributed by atoms with van der Waals surface area (Å²) in [5, 5.41) is 13.2. The summed E-state index contributed by atoms with van der Waals surface area (Å²) < 4.78 is 5.09. The third-order valence-corrected chi connectivity index (χ3v) is 3.72. The summed E-state index contributed by atoms with van der Waals surface area (Å²) in [4.78, 5) is 46.3. The number of nitrogens with one attached hydrogen (secondary N) is 1. The molecule has 0 aliphatic heterocycles. The molecule has 140 valence electrons. The molecular weight excluding hydrogens is 352 g/mol. The number of Topliss-reactive ketones (excluding diaryl/α,β-unsaturated/α-hetero) is 1. The fraction of sp³-hybridized carbons (Fsp3) is 0.211. The average molecular weight is 370 g/mol. The van der Waals surface area contributed by atoms with Crippen LogP contribution >= 0.6 is 0 Å². The molecule has 0 radical (unpaired) electrons. The summed E-state index contributed by atoms with van der Waals surface area (Å²) in [6, 6.07) is 13.6. The number of para-hydroxylation sites is 1. The van der Waals surface area contributed by atoms with E-state index in [1.165, 1.54) is 31.2 Å². The van der Waals surface area contributed by atoms with Crippen LogP contribution < -0.4 is 5.32 Å². The summed E-state index contributed by atoms with van der Waals surface area (Å²) in [5.74, 6) is -2.57. The monoisotopic (exact) mass is 370 g/mol. The van der Waals surface area contributed by atoms with Gasteiger partial charge in [-0.1, -0.05) is 48.5 Å². The van der Waals surface area contributed by atoms with Gasteiger partial charge in [-0.05, 0) is 12.5 Å². The number of amides is 1. The molecule has 1 N–H and O–H groups in total. The lowest BCUT2D eigenvalue weighted by Crippen LogP contribution is -2.43. The fourth-order valence-electron chi connectivity index (χ4n) is 2.28. The summed E-state index contributed by atoms with van der Waals surface area (Å²) in [7, 11) is 0. The number of benzene rings is 2. The van der Waals surface area contributed by atoms with Gasteiger partial charge in [0.05, 0.1) is 4.92 Å². The van der Waals surface area contributed by atoms with E-state index in [1.807, 2.05) is 6.07 Å². The van der Waals surface area contributed by atoms with Crippen molar-refractivity contribution in [3.8, 4) is 0 Å². The molecule has 1 atom stereocenters. The van der Waals surface area contributed by atoms with Gasteiger partial charge in [0.2, 0.25) is 5.78 Å². The van der Waals surface area contributed by atoms with Crippen molar-refractivity contribution in [2.24, 2.45) is 0 Å². The van der Waals surface area contributed by atoms with Gasteiger partial charge in [-0.3, -0.25) is 19.7 Å². The first-order valence-electron chi connectivity index (χ1n) is 8.15. The zero-order valence-corrected chi connectivity index (χ0v) is 14.6. The smallest absolute Gasteiger partial charge is 0.328 e. The number of esters is 1. The molecule has 0 fully saturated rings. The van der Waals surface area contributed by atoms with Crippen molar-refractivity contribution in [2.45, 2.75) is 26.0 Å². The third kappa shape index (κ3) is 5.74. The summed E-state index contributed by atoms with van der Waals surface area (Å²) in [6.07, 6.45) is -0.436. The first kappa shape index (κ1) is 19.8. The molecule has 0 heterocycles. The minimum atomic E-state index is -1.03. The van der Waals surface area contributed by atoms with E-state index in [2.05, 4.69) is 5.32 Å². The average Bonchev–Trinajstić information content (AvgIpc) is 2.67. The quantitative estimate of drug-likeness (QED) is 0.329. The van der Waals surface area contributed by atoms with Gasteiger partial charge in [-0.2, -0.15) is 0 Å². The van der Waals surface area contributed by atoms with Crippen LogP contribution in [0, 0.1) is 10.1 Å². The van der Waals surface area contributed by atoms with Crippen molar-refractivity contribution in [1.29, 1.82) is 0 Å². The normalized spacial score (nSPS) is 11.3. The number of ether oxygens (including phenoxy) is 1. The lowest BCUT2D eigenvalue weighted by molar-refractivity contribution is -0.385. The molecule has 8 heteroatoms. The van der Waals surface area contributed by atoms with E-state index in [4.69, 9.17) is 4.74 Å². The predicted octanol–water partition coefficient (Wildman–Crippen LogP) is 1.95. The van der Waals surface area contributed by atoms with E-state index in [-0.39, 0.29) is 17.9 Å². The number of hydrogen-bond acceptors (Lipinski definition) is 6. The van der Waals surface area contributed by atoms with Crippen LogP contribution in [0.1, 0.15) is 18.1 Å². The minimum absolute atomic E-state index is 0.0457. The van der Waals surface area contributed by atoms with E-state index in [1.54, 1.807) is 24.3 Å². The van der Waals surface area contributed by atoms with Crippen molar-refractivity contribution < 1.29 is 24.0 Å². The van der Waals surface area contributed by atoms with Crippen LogP contribution in [0.2, 0.25) is 0 Å². The van der Waals surface area contributed by atoms with Crippen molar-refractivity contribution >= 4 is 23.3 Å². The second-order valence-electron chi connectivity index (χ2n) is 5.77. The van der Waals surface area contributed by atoms with Gasteiger partial charge in [0.25, 0.3) is 11.6 Å². The topological polar surface area (TPSA) is 116 Å². The molecular formula is C19H18N2O6. The molecule has 27 heavy (non-hydrogen) atoms. The van der Waals surface area contributed by atoms with Crippen LogP contribution in [0.3, 0.4) is 0 Å². The van der Waals surface area contributed by atoms with E-state index in [9.17, 15) is 24.5 Å². The molecule has 1 amide bonds. The Morgan fingerprint density at radius 3 is 2.37 bits per heavy atom. The molecule has 8 nitrogen and oxygen atoms in total. The van der Waals surface area contributed by atoms with Gasteiger partial charge < -0.3 is 10.1 Å². The Kier molecular flexibility index (Phi) is 6.76. The van der Waals surface area contributed by atoms with Crippen molar-refractivity contribution in [1.82, 2.24) is 5.32 Å². The summed E-state index contributed by atoms with van der Waals surface area (Å²) >= 11 is 0. The van der Waals surface area contributed by atoms with Crippen LogP contribution in [0.5, 0.6) is 0 Å². The van der Waals surface area contributed by atoms with Crippen LogP contribution in [0.25, 0.3) is 0 Å². The van der Waals surface area contributed by atoms with E-state index < -0.39 is 35.0 Å². The zero-order valence-electron chi connectivity index (χ0n) is 14.6. The zero-order chi connectivity index (χ0) is 19.8. The molecule has 0 spiro atoms. The molecule has 0 aromatic heterocycles. The maximum Gasteiger partial charge on any atom is 0.328 e. The first-order chi connectivity index (χ1) is 12.9. The summed E-state index contributed by atoms with van der Waals surface area (Å²) in [6.45, 7) is 1.44. The fourth-order valence-corrected chi connectivity index (χ4v) is 2.28. The highest BCUT2D eigenvalue weighted by Crippen LogP contribution is 2.18. The lowest BCUT2D eigenvalue weighted by atomic mass is 10.1. The number of nitro groups is 1. The number of nitro benzene ring substituents is 1. The number of hydrogen-bond donors (Lipinski definition) is 1. The highest BCUT2D eigenvalue weighted by Gasteiger charge is 2.24. The number of carbonyl (C=O) groups is 3. The Bertz CT molecular complexity index is 850. The molecule has 0 aliphatic rings.